The molecule has 5 nitrogen and oxygen atoms in total. The summed E-state index contributed by atoms with van der Waals surface area (Å²) in [6.07, 6.45) is 2.66. The molecule has 0 saturated carbocycles. The molecule has 94 valence electrons. The van der Waals surface area contributed by atoms with E-state index in [0.29, 0.717) is 12.0 Å². The molecule has 0 spiro atoms. The number of likely N-dealkylation sites (tertiary alicyclic amines) is 1. The van der Waals surface area contributed by atoms with Gasteiger partial charge in [0, 0.05) is 12.6 Å². The van der Waals surface area contributed by atoms with E-state index in [-0.39, 0.29) is 0 Å². The first-order valence-electron chi connectivity index (χ1n) is 6.32. The van der Waals surface area contributed by atoms with Crippen LogP contribution in [0, 0.1) is 13.8 Å². The Morgan fingerprint density at radius 2 is 1.88 bits per heavy atom. The van der Waals surface area contributed by atoms with Gasteiger partial charge in [0.1, 0.15) is 0 Å². The lowest BCUT2D eigenvalue weighted by Crippen LogP contribution is -2.33. The molecule has 2 heterocycles. The topological polar surface area (TPSA) is 53.9 Å². The fraction of sp³-hybridized carbons (Fsp3) is 0.750. The maximum atomic E-state index is 4.38. The van der Waals surface area contributed by atoms with Gasteiger partial charge in [0.15, 0.2) is 0 Å². The van der Waals surface area contributed by atoms with Crippen molar-refractivity contribution in [2.24, 2.45) is 0 Å². The second-order valence-electron chi connectivity index (χ2n) is 4.86. The molecular weight excluding hydrogens is 214 g/mol. The lowest BCUT2D eigenvalue weighted by atomic mass is 10.3. The minimum atomic E-state index is 0.358. The van der Waals surface area contributed by atoms with Gasteiger partial charge in [-0.05, 0) is 46.7 Å². The van der Waals surface area contributed by atoms with Gasteiger partial charge in [-0.1, -0.05) is 0 Å². The number of anilines is 1. The first-order valence-corrected chi connectivity index (χ1v) is 6.32. The van der Waals surface area contributed by atoms with Crippen molar-refractivity contribution in [2.45, 2.75) is 39.7 Å². The third kappa shape index (κ3) is 3.36. The molecule has 5 heteroatoms. The summed E-state index contributed by atoms with van der Waals surface area (Å²) in [4.78, 5) is 6.86. The van der Waals surface area contributed by atoms with Crippen molar-refractivity contribution in [1.82, 2.24) is 20.1 Å². The zero-order valence-corrected chi connectivity index (χ0v) is 10.9. The molecule has 1 atom stereocenters. The van der Waals surface area contributed by atoms with Gasteiger partial charge in [-0.3, -0.25) is 0 Å². The fourth-order valence-corrected chi connectivity index (χ4v) is 2.14. The smallest absolute Gasteiger partial charge is 0.243 e. The summed E-state index contributed by atoms with van der Waals surface area (Å²) < 4.78 is 0. The van der Waals surface area contributed by atoms with Gasteiger partial charge in [0.25, 0.3) is 0 Å². The summed E-state index contributed by atoms with van der Waals surface area (Å²) in [5.41, 5.74) is 1.83. The number of aromatic nitrogens is 3. The van der Waals surface area contributed by atoms with Crippen LogP contribution in [0.2, 0.25) is 0 Å². The Balaban J connectivity index is 1.88. The highest BCUT2D eigenvalue weighted by Gasteiger charge is 2.15. The zero-order valence-electron chi connectivity index (χ0n) is 10.9. The molecule has 1 aromatic rings. The van der Waals surface area contributed by atoms with Gasteiger partial charge >= 0.3 is 0 Å². The molecule has 1 saturated heterocycles. The van der Waals surface area contributed by atoms with Gasteiger partial charge in [-0.25, -0.2) is 4.98 Å². The number of hydrogen-bond donors (Lipinski definition) is 1. The second-order valence-corrected chi connectivity index (χ2v) is 4.86. The van der Waals surface area contributed by atoms with Gasteiger partial charge in [-0.15, -0.1) is 5.10 Å². The summed E-state index contributed by atoms with van der Waals surface area (Å²) in [7, 11) is 0. The molecule has 0 bridgehead atoms. The SMILES string of the molecule is Cc1nnc(NC(C)CN2CCCC2)nc1C. The minimum absolute atomic E-state index is 0.358. The molecule has 1 unspecified atom stereocenters. The van der Waals surface area contributed by atoms with Crippen LogP contribution in [0.3, 0.4) is 0 Å². The summed E-state index contributed by atoms with van der Waals surface area (Å²) in [5, 5.41) is 11.4. The van der Waals surface area contributed by atoms with E-state index in [9.17, 15) is 0 Å². The first kappa shape index (κ1) is 12.2. The summed E-state index contributed by atoms with van der Waals surface area (Å²) in [5.74, 6) is 0.639. The molecular formula is C12H21N5. The Labute approximate surface area is 103 Å². The van der Waals surface area contributed by atoms with Crippen LogP contribution in [0.1, 0.15) is 31.2 Å². The molecule has 1 aliphatic rings. The highest BCUT2D eigenvalue weighted by atomic mass is 15.3. The van der Waals surface area contributed by atoms with E-state index in [4.69, 9.17) is 0 Å². The largest absolute Gasteiger partial charge is 0.349 e. The number of hydrogen-bond acceptors (Lipinski definition) is 5. The van der Waals surface area contributed by atoms with E-state index in [1.165, 1.54) is 25.9 Å². The predicted molar refractivity (Wildman–Crippen MR) is 68.1 cm³/mol. The number of aryl methyl sites for hydroxylation is 2. The van der Waals surface area contributed by atoms with E-state index in [1.807, 2.05) is 13.8 Å². The number of nitrogens with one attached hydrogen (secondary N) is 1. The third-order valence-corrected chi connectivity index (χ3v) is 3.20. The van der Waals surface area contributed by atoms with Crippen LogP contribution in [-0.2, 0) is 0 Å². The Kier molecular flexibility index (Phi) is 3.89. The molecule has 2 rings (SSSR count). The molecule has 1 N–H and O–H groups in total. The van der Waals surface area contributed by atoms with E-state index >= 15 is 0 Å². The second kappa shape index (κ2) is 5.40. The van der Waals surface area contributed by atoms with Crippen LogP contribution < -0.4 is 5.32 Å². The molecule has 17 heavy (non-hydrogen) atoms. The van der Waals surface area contributed by atoms with Gasteiger partial charge in [0.2, 0.25) is 5.95 Å². The first-order chi connectivity index (χ1) is 8.15. The van der Waals surface area contributed by atoms with Crippen molar-refractivity contribution >= 4 is 5.95 Å². The van der Waals surface area contributed by atoms with E-state index in [0.717, 1.165) is 17.9 Å². The van der Waals surface area contributed by atoms with Crippen molar-refractivity contribution in [2.75, 3.05) is 25.0 Å². The molecule has 0 aliphatic carbocycles. The van der Waals surface area contributed by atoms with Crippen LogP contribution in [0.4, 0.5) is 5.95 Å². The minimum Gasteiger partial charge on any atom is -0.349 e. The fourth-order valence-electron chi connectivity index (χ4n) is 2.14. The van der Waals surface area contributed by atoms with Crippen LogP contribution in [0.15, 0.2) is 0 Å². The molecule has 0 radical (unpaired) electrons. The Bertz CT molecular complexity index is 373. The highest BCUT2D eigenvalue weighted by Crippen LogP contribution is 2.09. The average Bonchev–Trinajstić information content (AvgIpc) is 2.76. The quantitative estimate of drug-likeness (QED) is 0.854. The van der Waals surface area contributed by atoms with Crippen molar-refractivity contribution < 1.29 is 0 Å². The Morgan fingerprint density at radius 3 is 2.53 bits per heavy atom. The predicted octanol–water partition coefficient (Wildman–Crippen LogP) is 1.38. The van der Waals surface area contributed by atoms with Gasteiger partial charge < -0.3 is 10.2 Å². The van der Waals surface area contributed by atoms with Gasteiger partial charge in [0.05, 0.1) is 11.4 Å². The Hall–Kier alpha value is -1.23. The highest BCUT2D eigenvalue weighted by molar-refractivity contribution is 5.26. The summed E-state index contributed by atoms with van der Waals surface area (Å²) >= 11 is 0. The van der Waals surface area contributed by atoms with Gasteiger partial charge in [-0.2, -0.15) is 5.10 Å². The molecule has 1 aromatic heterocycles. The maximum Gasteiger partial charge on any atom is 0.243 e. The molecule has 1 fully saturated rings. The third-order valence-electron chi connectivity index (χ3n) is 3.20. The van der Waals surface area contributed by atoms with Crippen molar-refractivity contribution in [3.05, 3.63) is 11.4 Å². The van der Waals surface area contributed by atoms with Crippen LogP contribution in [-0.4, -0.2) is 45.8 Å². The summed E-state index contributed by atoms with van der Waals surface area (Å²) in [6, 6.07) is 0.358. The van der Waals surface area contributed by atoms with E-state index in [1.54, 1.807) is 0 Å². The summed E-state index contributed by atoms with van der Waals surface area (Å²) in [6.45, 7) is 9.54. The van der Waals surface area contributed by atoms with Crippen molar-refractivity contribution in [3.8, 4) is 0 Å². The van der Waals surface area contributed by atoms with Crippen molar-refractivity contribution in [3.63, 3.8) is 0 Å². The number of rotatable bonds is 4. The zero-order chi connectivity index (χ0) is 12.3. The average molecular weight is 235 g/mol. The Morgan fingerprint density at radius 1 is 1.18 bits per heavy atom. The monoisotopic (exact) mass is 235 g/mol. The van der Waals surface area contributed by atoms with E-state index in [2.05, 4.69) is 32.3 Å². The van der Waals surface area contributed by atoms with E-state index < -0.39 is 0 Å². The number of nitrogens with zero attached hydrogens (tertiary/aromatic N) is 4. The lowest BCUT2D eigenvalue weighted by Gasteiger charge is -2.21. The van der Waals surface area contributed by atoms with Crippen LogP contribution in [0.5, 0.6) is 0 Å². The maximum absolute atomic E-state index is 4.38. The van der Waals surface area contributed by atoms with Crippen molar-refractivity contribution in [1.29, 1.82) is 0 Å². The molecule has 1 aliphatic heterocycles. The van der Waals surface area contributed by atoms with Crippen LogP contribution >= 0.6 is 0 Å². The molecule has 0 amide bonds. The lowest BCUT2D eigenvalue weighted by molar-refractivity contribution is 0.327. The van der Waals surface area contributed by atoms with Crippen LogP contribution in [0.25, 0.3) is 0 Å². The standard InChI is InChI=1S/C12H21N5/c1-9(8-17-6-4-5-7-17)13-12-14-10(2)11(3)15-16-12/h9H,4-8H2,1-3H3,(H,13,14,16). The normalized spacial score (nSPS) is 18.3. The molecule has 0 aromatic carbocycles.